The molecular formula is C9H13ClFN3. The quantitative estimate of drug-likeness (QED) is 0.539. The minimum Gasteiger partial charge on any atom is -0.380 e. The molecule has 0 amide bonds. The fraction of sp³-hybridized carbons (Fsp3) is 0.333. The predicted molar refractivity (Wildman–Crippen MR) is 58.0 cm³/mol. The molecule has 0 atom stereocenters. The molecule has 0 aliphatic rings. The Hall–Kier alpha value is -1.00. The van der Waals surface area contributed by atoms with Gasteiger partial charge in [0.2, 0.25) is 0 Å². The first-order chi connectivity index (χ1) is 6.54. The SMILES string of the molecule is CC(C)Nc1cc(Cl)cc(NN)c1F. The van der Waals surface area contributed by atoms with E-state index in [2.05, 4.69) is 10.7 Å². The summed E-state index contributed by atoms with van der Waals surface area (Å²) in [6.45, 7) is 3.83. The third kappa shape index (κ3) is 2.49. The van der Waals surface area contributed by atoms with E-state index in [0.29, 0.717) is 10.7 Å². The molecule has 3 nitrogen and oxygen atoms in total. The number of hydrazine groups is 1. The smallest absolute Gasteiger partial charge is 0.170 e. The molecule has 0 aromatic heterocycles. The van der Waals surface area contributed by atoms with Crippen molar-refractivity contribution in [2.45, 2.75) is 19.9 Å². The van der Waals surface area contributed by atoms with Gasteiger partial charge in [-0.1, -0.05) is 11.6 Å². The second-order valence-electron chi connectivity index (χ2n) is 3.26. The van der Waals surface area contributed by atoms with Crippen LogP contribution in [0.15, 0.2) is 12.1 Å². The van der Waals surface area contributed by atoms with Gasteiger partial charge in [-0.25, -0.2) is 4.39 Å². The van der Waals surface area contributed by atoms with E-state index >= 15 is 0 Å². The van der Waals surface area contributed by atoms with Crippen LogP contribution in [-0.4, -0.2) is 6.04 Å². The van der Waals surface area contributed by atoms with Crippen LogP contribution in [0.4, 0.5) is 15.8 Å². The lowest BCUT2D eigenvalue weighted by molar-refractivity contribution is 0.630. The molecule has 0 fully saturated rings. The molecule has 0 unspecified atom stereocenters. The molecule has 0 saturated heterocycles. The Bertz CT molecular complexity index is 328. The Morgan fingerprint density at radius 1 is 1.36 bits per heavy atom. The molecule has 1 rings (SSSR count). The highest BCUT2D eigenvalue weighted by Gasteiger charge is 2.09. The number of anilines is 2. The molecule has 78 valence electrons. The van der Waals surface area contributed by atoms with Crippen LogP contribution in [0, 0.1) is 5.82 Å². The van der Waals surface area contributed by atoms with Crippen LogP contribution in [-0.2, 0) is 0 Å². The Balaban J connectivity index is 3.08. The van der Waals surface area contributed by atoms with Crippen molar-refractivity contribution in [3.8, 4) is 0 Å². The van der Waals surface area contributed by atoms with Crippen LogP contribution < -0.4 is 16.6 Å². The second-order valence-corrected chi connectivity index (χ2v) is 3.69. The van der Waals surface area contributed by atoms with Crippen molar-refractivity contribution >= 4 is 23.0 Å². The molecular weight excluding hydrogens is 205 g/mol. The van der Waals surface area contributed by atoms with E-state index in [1.165, 1.54) is 12.1 Å². The Kier molecular flexibility index (Phi) is 3.55. The summed E-state index contributed by atoms with van der Waals surface area (Å²) in [5.41, 5.74) is 2.78. The van der Waals surface area contributed by atoms with Gasteiger partial charge in [0.15, 0.2) is 5.82 Å². The summed E-state index contributed by atoms with van der Waals surface area (Å²) in [4.78, 5) is 0. The summed E-state index contributed by atoms with van der Waals surface area (Å²) in [7, 11) is 0. The first-order valence-corrected chi connectivity index (χ1v) is 4.64. The van der Waals surface area contributed by atoms with Crippen molar-refractivity contribution in [1.82, 2.24) is 0 Å². The third-order valence-corrected chi connectivity index (χ3v) is 1.86. The molecule has 5 heteroatoms. The van der Waals surface area contributed by atoms with Crippen molar-refractivity contribution in [2.75, 3.05) is 10.7 Å². The number of nitrogens with two attached hydrogens (primary N) is 1. The average molecular weight is 218 g/mol. The van der Waals surface area contributed by atoms with E-state index in [1.807, 2.05) is 13.8 Å². The fourth-order valence-corrected chi connectivity index (χ4v) is 1.33. The van der Waals surface area contributed by atoms with Crippen LogP contribution >= 0.6 is 11.6 Å². The van der Waals surface area contributed by atoms with Crippen molar-refractivity contribution in [3.63, 3.8) is 0 Å². The normalized spacial score (nSPS) is 10.4. The first kappa shape index (κ1) is 11.1. The highest BCUT2D eigenvalue weighted by Crippen LogP contribution is 2.27. The van der Waals surface area contributed by atoms with Crippen molar-refractivity contribution in [3.05, 3.63) is 23.0 Å². The van der Waals surface area contributed by atoms with Crippen molar-refractivity contribution in [2.24, 2.45) is 5.84 Å². The van der Waals surface area contributed by atoms with Gasteiger partial charge in [0.25, 0.3) is 0 Å². The van der Waals surface area contributed by atoms with E-state index in [9.17, 15) is 4.39 Å². The van der Waals surface area contributed by atoms with E-state index in [1.54, 1.807) is 0 Å². The third-order valence-electron chi connectivity index (χ3n) is 1.64. The molecule has 0 radical (unpaired) electrons. The van der Waals surface area contributed by atoms with Crippen LogP contribution in [0.1, 0.15) is 13.8 Å². The maximum Gasteiger partial charge on any atom is 0.170 e. The van der Waals surface area contributed by atoms with Crippen LogP contribution in [0.5, 0.6) is 0 Å². The van der Waals surface area contributed by atoms with E-state index in [-0.39, 0.29) is 11.7 Å². The zero-order valence-electron chi connectivity index (χ0n) is 8.07. The molecule has 0 saturated carbocycles. The van der Waals surface area contributed by atoms with Crippen LogP contribution in [0.2, 0.25) is 5.02 Å². The second kappa shape index (κ2) is 4.48. The number of rotatable bonds is 3. The Morgan fingerprint density at radius 3 is 2.43 bits per heavy atom. The molecule has 0 heterocycles. The van der Waals surface area contributed by atoms with Gasteiger partial charge in [-0.05, 0) is 26.0 Å². The van der Waals surface area contributed by atoms with Crippen molar-refractivity contribution < 1.29 is 4.39 Å². The Labute approximate surface area is 87.4 Å². The van der Waals surface area contributed by atoms with Crippen LogP contribution in [0.3, 0.4) is 0 Å². The number of nitrogens with one attached hydrogen (secondary N) is 2. The van der Waals surface area contributed by atoms with Gasteiger partial charge >= 0.3 is 0 Å². The molecule has 1 aromatic carbocycles. The lowest BCUT2D eigenvalue weighted by Gasteiger charge is -2.13. The minimum absolute atomic E-state index is 0.133. The first-order valence-electron chi connectivity index (χ1n) is 4.26. The predicted octanol–water partition coefficient (Wildman–Crippen LogP) is 2.58. The number of benzene rings is 1. The summed E-state index contributed by atoms with van der Waals surface area (Å²) >= 11 is 5.78. The maximum atomic E-state index is 13.5. The highest BCUT2D eigenvalue weighted by molar-refractivity contribution is 6.31. The standard InChI is InChI=1S/C9H13ClFN3/c1-5(2)13-7-3-6(10)4-8(14-12)9(7)11/h3-5,13-14H,12H2,1-2H3. The zero-order chi connectivity index (χ0) is 10.7. The number of hydrogen-bond acceptors (Lipinski definition) is 3. The van der Waals surface area contributed by atoms with E-state index in [0.717, 1.165) is 0 Å². The monoisotopic (exact) mass is 217 g/mol. The number of nitrogen functional groups attached to an aromatic ring is 1. The van der Waals surface area contributed by atoms with Gasteiger partial charge in [0.05, 0.1) is 11.4 Å². The van der Waals surface area contributed by atoms with Crippen LogP contribution in [0.25, 0.3) is 0 Å². The Morgan fingerprint density at radius 2 is 1.93 bits per heavy atom. The maximum absolute atomic E-state index is 13.5. The van der Waals surface area contributed by atoms with Gasteiger partial charge in [0, 0.05) is 11.1 Å². The number of halogens is 2. The summed E-state index contributed by atoms with van der Waals surface area (Å²) in [5.74, 6) is 4.72. The lowest BCUT2D eigenvalue weighted by Crippen LogP contribution is -2.14. The molecule has 0 spiro atoms. The van der Waals surface area contributed by atoms with Gasteiger partial charge < -0.3 is 10.7 Å². The molecule has 0 aliphatic heterocycles. The summed E-state index contributed by atoms with van der Waals surface area (Å²) in [6.07, 6.45) is 0. The van der Waals surface area contributed by atoms with Gasteiger partial charge in [-0.3, -0.25) is 5.84 Å². The van der Waals surface area contributed by atoms with Crippen molar-refractivity contribution in [1.29, 1.82) is 0 Å². The van der Waals surface area contributed by atoms with Gasteiger partial charge in [-0.2, -0.15) is 0 Å². The molecule has 0 aliphatic carbocycles. The molecule has 4 N–H and O–H groups in total. The summed E-state index contributed by atoms with van der Waals surface area (Å²) < 4.78 is 13.5. The fourth-order valence-electron chi connectivity index (χ4n) is 1.11. The summed E-state index contributed by atoms with van der Waals surface area (Å²) in [5, 5.41) is 3.37. The largest absolute Gasteiger partial charge is 0.380 e. The minimum atomic E-state index is -0.425. The topological polar surface area (TPSA) is 50.1 Å². The van der Waals surface area contributed by atoms with E-state index < -0.39 is 5.82 Å². The highest BCUT2D eigenvalue weighted by atomic mass is 35.5. The van der Waals surface area contributed by atoms with Gasteiger partial charge in [0.1, 0.15) is 0 Å². The lowest BCUT2D eigenvalue weighted by atomic mass is 10.2. The zero-order valence-corrected chi connectivity index (χ0v) is 8.82. The van der Waals surface area contributed by atoms with E-state index in [4.69, 9.17) is 17.4 Å². The van der Waals surface area contributed by atoms with Gasteiger partial charge in [-0.15, -0.1) is 0 Å². The summed E-state index contributed by atoms with van der Waals surface area (Å²) in [6, 6.07) is 3.09. The molecule has 1 aromatic rings. The average Bonchev–Trinajstić information content (AvgIpc) is 2.09. The molecule has 14 heavy (non-hydrogen) atoms. The molecule has 0 bridgehead atoms. The number of hydrogen-bond donors (Lipinski definition) is 3.